The summed E-state index contributed by atoms with van der Waals surface area (Å²) < 4.78 is 27.6. The monoisotopic (exact) mass is 430 g/mol. The summed E-state index contributed by atoms with van der Waals surface area (Å²) in [6, 6.07) is 4.25. The van der Waals surface area contributed by atoms with Crippen LogP contribution >= 0.6 is 0 Å². The zero-order chi connectivity index (χ0) is 22.0. The molecule has 0 saturated carbocycles. The number of rotatable bonds is 5. The number of hydrogen-bond acceptors (Lipinski definition) is 4. The number of benzene rings is 1. The molecular formula is C23H28F2N4O2. The highest BCUT2D eigenvalue weighted by molar-refractivity contribution is 5.76. The lowest BCUT2D eigenvalue weighted by Gasteiger charge is -2.33. The zero-order valence-electron chi connectivity index (χ0n) is 17.8. The molecule has 6 nitrogen and oxygen atoms in total. The Hall–Kier alpha value is -2.61. The smallest absolute Gasteiger partial charge is 0.256 e. The summed E-state index contributed by atoms with van der Waals surface area (Å²) in [5.74, 6) is -0.876. The maximum atomic E-state index is 14.1. The fourth-order valence-corrected chi connectivity index (χ4v) is 4.56. The maximum absolute atomic E-state index is 14.1. The van der Waals surface area contributed by atoms with Gasteiger partial charge in [0.2, 0.25) is 5.91 Å². The number of hydrogen-bond donors (Lipinski definition) is 1. The third kappa shape index (κ3) is 4.69. The number of carbonyl (C=O) groups excluding carboxylic acids is 1. The molecule has 0 spiro atoms. The molecule has 1 aromatic heterocycles. The first-order valence-corrected chi connectivity index (χ1v) is 11.0. The quantitative estimate of drug-likeness (QED) is 0.792. The molecule has 1 saturated heterocycles. The number of carbonyl (C=O) groups is 1. The predicted molar refractivity (Wildman–Crippen MR) is 112 cm³/mol. The van der Waals surface area contributed by atoms with Crippen LogP contribution in [-0.4, -0.2) is 45.3 Å². The van der Waals surface area contributed by atoms with Gasteiger partial charge in [0.15, 0.2) is 11.6 Å². The summed E-state index contributed by atoms with van der Waals surface area (Å²) in [4.78, 5) is 36.5. The molecule has 1 N–H and O–H groups in total. The van der Waals surface area contributed by atoms with Gasteiger partial charge in [0.25, 0.3) is 5.56 Å². The van der Waals surface area contributed by atoms with Crippen molar-refractivity contribution >= 4 is 5.91 Å². The van der Waals surface area contributed by atoms with Gasteiger partial charge in [0.05, 0.1) is 17.8 Å². The normalized spacial score (nSPS) is 19.3. The lowest BCUT2D eigenvalue weighted by molar-refractivity contribution is -0.132. The van der Waals surface area contributed by atoms with Gasteiger partial charge in [-0.1, -0.05) is 19.1 Å². The molecule has 2 aromatic rings. The van der Waals surface area contributed by atoms with Crippen molar-refractivity contribution in [3.63, 3.8) is 0 Å². The van der Waals surface area contributed by atoms with Gasteiger partial charge in [-0.25, -0.2) is 13.8 Å². The number of aromatic amines is 1. The van der Waals surface area contributed by atoms with Crippen LogP contribution in [0.2, 0.25) is 0 Å². The van der Waals surface area contributed by atoms with Gasteiger partial charge in [-0.2, -0.15) is 0 Å². The number of H-pyrrole nitrogens is 1. The second kappa shape index (κ2) is 9.26. The number of amides is 1. The van der Waals surface area contributed by atoms with E-state index in [1.165, 1.54) is 6.07 Å². The number of fused-ring (bicyclic) bond motifs is 1. The van der Waals surface area contributed by atoms with E-state index in [9.17, 15) is 18.4 Å². The minimum absolute atomic E-state index is 0.0307. The fraction of sp³-hybridized carbons (Fsp3) is 0.522. The second-order valence-corrected chi connectivity index (χ2v) is 8.48. The van der Waals surface area contributed by atoms with Gasteiger partial charge in [-0.15, -0.1) is 0 Å². The topological polar surface area (TPSA) is 69.3 Å². The Labute approximate surface area is 180 Å². The number of nitrogens with one attached hydrogen (secondary N) is 1. The standard InChI is InChI=1S/C23H28F2N4O2/c1-2-5-20(30)29-11-9-19-17(14-29)23(31)27-22(26-19)16-7-4-10-28(13-16)12-15-6-3-8-18(24)21(15)25/h3,6,8,16H,2,4-5,7,9-14H2,1H3,(H,26,27,31)/t16-/m1/s1. The van der Waals surface area contributed by atoms with Crippen molar-refractivity contribution in [2.75, 3.05) is 19.6 Å². The molecule has 31 heavy (non-hydrogen) atoms. The van der Waals surface area contributed by atoms with E-state index < -0.39 is 11.6 Å². The average Bonchev–Trinajstić information content (AvgIpc) is 2.77. The number of likely N-dealkylation sites (tertiary alicyclic amines) is 1. The third-order valence-electron chi connectivity index (χ3n) is 6.22. The van der Waals surface area contributed by atoms with E-state index in [1.54, 1.807) is 11.0 Å². The summed E-state index contributed by atoms with van der Waals surface area (Å²) in [6.07, 6.45) is 3.62. The lowest BCUT2D eigenvalue weighted by Crippen LogP contribution is -2.40. The molecule has 8 heteroatoms. The van der Waals surface area contributed by atoms with Crippen molar-refractivity contribution in [1.29, 1.82) is 0 Å². The summed E-state index contributed by atoms with van der Waals surface area (Å²) in [5, 5.41) is 0. The number of halogens is 2. The Morgan fingerprint density at radius 3 is 2.94 bits per heavy atom. The van der Waals surface area contributed by atoms with Gasteiger partial charge in [-0.3, -0.25) is 14.5 Å². The van der Waals surface area contributed by atoms with Crippen molar-refractivity contribution in [3.8, 4) is 0 Å². The van der Waals surface area contributed by atoms with Crippen LogP contribution in [0.25, 0.3) is 0 Å². The predicted octanol–water partition coefficient (Wildman–Crippen LogP) is 3.11. The van der Waals surface area contributed by atoms with E-state index >= 15 is 0 Å². The van der Waals surface area contributed by atoms with Crippen LogP contribution in [0.3, 0.4) is 0 Å². The van der Waals surface area contributed by atoms with Crippen molar-refractivity contribution in [2.24, 2.45) is 0 Å². The molecule has 3 heterocycles. The number of aromatic nitrogens is 2. The van der Waals surface area contributed by atoms with Gasteiger partial charge in [0.1, 0.15) is 5.82 Å². The van der Waals surface area contributed by atoms with E-state index in [0.29, 0.717) is 56.0 Å². The second-order valence-electron chi connectivity index (χ2n) is 8.48. The van der Waals surface area contributed by atoms with Crippen molar-refractivity contribution in [2.45, 2.75) is 58.0 Å². The fourth-order valence-electron chi connectivity index (χ4n) is 4.56. The summed E-state index contributed by atoms with van der Waals surface area (Å²) >= 11 is 0. The third-order valence-corrected chi connectivity index (χ3v) is 6.22. The van der Waals surface area contributed by atoms with Crippen molar-refractivity contribution < 1.29 is 13.6 Å². The van der Waals surface area contributed by atoms with Crippen LogP contribution in [0.1, 0.15) is 61.2 Å². The minimum atomic E-state index is -0.835. The van der Waals surface area contributed by atoms with Crippen LogP contribution in [0.15, 0.2) is 23.0 Å². The van der Waals surface area contributed by atoms with Gasteiger partial charge >= 0.3 is 0 Å². The Morgan fingerprint density at radius 2 is 2.13 bits per heavy atom. The molecule has 0 aliphatic carbocycles. The van der Waals surface area contributed by atoms with Crippen LogP contribution in [0.5, 0.6) is 0 Å². The van der Waals surface area contributed by atoms with Crippen LogP contribution in [0, 0.1) is 11.6 Å². The summed E-state index contributed by atoms with van der Waals surface area (Å²) in [5.41, 5.74) is 1.51. The summed E-state index contributed by atoms with van der Waals surface area (Å²) in [7, 11) is 0. The molecule has 2 aliphatic heterocycles. The lowest BCUT2D eigenvalue weighted by atomic mass is 9.96. The van der Waals surface area contributed by atoms with Gasteiger partial charge in [0, 0.05) is 44.0 Å². The zero-order valence-corrected chi connectivity index (χ0v) is 17.8. The molecule has 0 radical (unpaired) electrons. The van der Waals surface area contributed by atoms with Crippen molar-refractivity contribution in [1.82, 2.24) is 19.8 Å². The Balaban J connectivity index is 1.49. The first kappa shape index (κ1) is 21.6. The maximum Gasteiger partial charge on any atom is 0.256 e. The number of nitrogens with zero attached hydrogens (tertiary/aromatic N) is 3. The Kier molecular flexibility index (Phi) is 6.46. The Morgan fingerprint density at radius 1 is 1.29 bits per heavy atom. The van der Waals surface area contributed by atoms with Crippen molar-refractivity contribution in [3.05, 3.63) is 62.8 Å². The average molecular weight is 430 g/mol. The van der Waals surface area contributed by atoms with Gasteiger partial charge in [-0.05, 0) is 31.9 Å². The molecule has 1 fully saturated rings. The van der Waals surface area contributed by atoms with E-state index in [4.69, 9.17) is 4.98 Å². The summed E-state index contributed by atoms with van der Waals surface area (Å²) in [6.45, 7) is 4.59. The first-order valence-electron chi connectivity index (χ1n) is 11.0. The molecule has 1 amide bonds. The molecule has 166 valence electrons. The first-order chi connectivity index (χ1) is 15.0. The largest absolute Gasteiger partial charge is 0.338 e. The van der Waals surface area contributed by atoms with Crippen LogP contribution in [-0.2, 0) is 24.3 Å². The SMILES string of the molecule is CCCC(=O)N1CCc2nc([C@@H]3CCCN(Cc4cccc(F)c4F)C3)[nH]c(=O)c2C1. The van der Waals surface area contributed by atoms with Crippen LogP contribution < -0.4 is 5.56 Å². The molecular weight excluding hydrogens is 402 g/mol. The van der Waals surface area contributed by atoms with E-state index in [0.717, 1.165) is 37.6 Å². The van der Waals surface area contributed by atoms with Crippen LogP contribution in [0.4, 0.5) is 8.78 Å². The highest BCUT2D eigenvalue weighted by atomic mass is 19.2. The molecule has 1 atom stereocenters. The number of piperidine rings is 1. The van der Waals surface area contributed by atoms with E-state index in [1.807, 2.05) is 6.92 Å². The minimum Gasteiger partial charge on any atom is -0.338 e. The van der Waals surface area contributed by atoms with E-state index in [2.05, 4.69) is 9.88 Å². The molecule has 1 aromatic carbocycles. The highest BCUT2D eigenvalue weighted by Crippen LogP contribution is 2.27. The van der Waals surface area contributed by atoms with Gasteiger partial charge < -0.3 is 9.88 Å². The highest BCUT2D eigenvalue weighted by Gasteiger charge is 2.28. The van der Waals surface area contributed by atoms with E-state index in [-0.39, 0.29) is 17.4 Å². The molecule has 0 unspecified atom stereocenters. The molecule has 4 rings (SSSR count). The molecule has 2 aliphatic rings. The Bertz CT molecular complexity index is 1020. The molecule has 0 bridgehead atoms.